The van der Waals surface area contributed by atoms with Crippen molar-refractivity contribution in [1.29, 1.82) is 0 Å². The molecule has 2 unspecified atom stereocenters. The lowest BCUT2D eigenvalue weighted by Gasteiger charge is -2.27. The number of anilines is 2. The molecule has 164 valence electrons. The Morgan fingerprint density at radius 3 is 2.81 bits per heavy atom. The Kier molecular flexibility index (Phi) is 4.05. The second kappa shape index (κ2) is 6.65. The molecule has 0 radical (unpaired) electrons. The SMILES string of the molecule is CC1CC12Cc1c(NS(=O)(=O)c3cccnc3)noc1-c1cc(N3CCCC3=O)ccc12. The zero-order valence-electron chi connectivity index (χ0n) is 17.5. The predicted molar refractivity (Wildman–Crippen MR) is 118 cm³/mol. The Morgan fingerprint density at radius 2 is 2.12 bits per heavy atom. The number of hydrogen-bond acceptors (Lipinski definition) is 6. The third-order valence-electron chi connectivity index (χ3n) is 7.08. The number of hydrogen-bond donors (Lipinski definition) is 1. The van der Waals surface area contributed by atoms with Crippen LogP contribution in [0.2, 0.25) is 0 Å². The van der Waals surface area contributed by atoms with E-state index in [1.807, 2.05) is 12.1 Å². The van der Waals surface area contributed by atoms with Crippen molar-refractivity contribution >= 4 is 27.4 Å². The number of amides is 1. The van der Waals surface area contributed by atoms with Gasteiger partial charge in [-0.15, -0.1) is 0 Å². The lowest BCUT2D eigenvalue weighted by Crippen LogP contribution is -2.25. The molecular weight excluding hydrogens is 428 g/mol. The van der Waals surface area contributed by atoms with E-state index in [1.54, 1.807) is 11.0 Å². The first-order chi connectivity index (χ1) is 15.4. The fourth-order valence-corrected chi connectivity index (χ4v) is 6.21. The van der Waals surface area contributed by atoms with Gasteiger partial charge in [0, 0.05) is 47.6 Å². The molecule has 8 nitrogen and oxygen atoms in total. The molecule has 6 rings (SSSR count). The Morgan fingerprint density at radius 1 is 1.28 bits per heavy atom. The number of aromatic nitrogens is 2. The monoisotopic (exact) mass is 450 g/mol. The van der Waals surface area contributed by atoms with Gasteiger partial charge in [-0.1, -0.05) is 18.1 Å². The molecular formula is C23H22N4O4S. The van der Waals surface area contributed by atoms with E-state index in [0.717, 1.165) is 29.7 Å². The van der Waals surface area contributed by atoms with Gasteiger partial charge in [0.1, 0.15) is 4.90 Å². The summed E-state index contributed by atoms with van der Waals surface area (Å²) in [5.74, 6) is 1.38. The van der Waals surface area contributed by atoms with Gasteiger partial charge in [0.25, 0.3) is 10.0 Å². The number of carbonyl (C=O) groups excluding carboxylic acids is 1. The van der Waals surface area contributed by atoms with E-state index in [0.29, 0.717) is 31.1 Å². The highest BCUT2D eigenvalue weighted by Gasteiger charge is 2.56. The first-order valence-electron chi connectivity index (χ1n) is 10.8. The number of sulfonamides is 1. The number of benzene rings is 1. The first kappa shape index (κ1) is 19.5. The van der Waals surface area contributed by atoms with Crippen LogP contribution in [0.4, 0.5) is 11.5 Å². The van der Waals surface area contributed by atoms with Crippen molar-refractivity contribution in [2.45, 2.75) is 42.9 Å². The quantitative estimate of drug-likeness (QED) is 0.652. The van der Waals surface area contributed by atoms with Gasteiger partial charge in [-0.3, -0.25) is 14.5 Å². The van der Waals surface area contributed by atoms with Gasteiger partial charge in [0.2, 0.25) is 5.91 Å². The molecule has 3 aliphatic rings. The van der Waals surface area contributed by atoms with E-state index in [1.165, 1.54) is 24.0 Å². The molecule has 2 aliphatic carbocycles. The summed E-state index contributed by atoms with van der Waals surface area (Å²) < 4.78 is 34.0. The average Bonchev–Trinajstić information content (AvgIpc) is 3.09. The van der Waals surface area contributed by atoms with Crippen molar-refractivity contribution in [2.24, 2.45) is 5.92 Å². The number of nitrogens with one attached hydrogen (secondary N) is 1. The maximum absolute atomic E-state index is 12.9. The molecule has 1 spiro atoms. The van der Waals surface area contributed by atoms with E-state index < -0.39 is 10.0 Å². The minimum atomic E-state index is -3.84. The molecule has 3 heterocycles. The van der Waals surface area contributed by atoms with Crippen LogP contribution in [0.15, 0.2) is 52.1 Å². The largest absolute Gasteiger partial charge is 0.354 e. The van der Waals surface area contributed by atoms with Crippen LogP contribution in [0.5, 0.6) is 0 Å². The van der Waals surface area contributed by atoms with Gasteiger partial charge < -0.3 is 9.42 Å². The van der Waals surface area contributed by atoms with Crippen molar-refractivity contribution in [3.05, 3.63) is 53.9 Å². The lowest BCUT2D eigenvalue weighted by atomic mass is 9.78. The fraction of sp³-hybridized carbons (Fsp3) is 0.348. The molecule has 1 saturated heterocycles. The van der Waals surface area contributed by atoms with Crippen LogP contribution in [-0.2, 0) is 26.7 Å². The zero-order chi connectivity index (χ0) is 22.1. The molecule has 3 aromatic rings. The van der Waals surface area contributed by atoms with Crippen LogP contribution in [0.25, 0.3) is 11.3 Å². The maximum atomic E-state index is 12.9. The smallest absolute Gasteiger partial charge is 0.264 e. The van der Waals surface area contributed by atoms with Crippen molar-refractivity contribution in [2.75, 3.05) is 16.2 Å². The fourth-order valence-electron chi connectivity index (χ4n) is 5.22. The summed E-state index contributed by atoms with van der Waals surface area (Å²) in [6.07, 6.45) is 5.91. The van der Waals surface area contributed by atoms with Crippen LogP contribution >= 0.6 is 0 Å². The van der Waals surface area contributed by atoms with E-state index in [4.69, 9.17) is 4.52 Å². The number of carbonyl (C=O) groups is 1. The van der Waals surface area contributed by atoms with Gasteiger partial charge in [-0.25, -0.2) is 8.42 Å². The van der Waals surface area contributed by atoms with Gasteiger partial charge in [-0.05, 0) is 55.0 Å². The first-order valence-corrected chi connectivity index (χ1v) is 12.2. The highest BCUT2D eigenvalue weighted by molar-refractivity contribution is 7.92. The summed E-state index contributed by atoms with van der Waals surface area (Å²) in [6.45, 7) is 2.91. The summed E-state index contributed by atoms with van der Waals surface area (Å²) in [4.78, 5) is 18.1. The van der Waals surface area contributed by atoms with Gasteiger partial charge in [0.05, 0.1) is 0 Å². The molecule has 1 N–H and O–H groups in total. The highest BCUT2D eigenvalue weighted by Crippen LogP contribution is 2.62. The summed E-state index contributed by atoms with van der Waals surface area (Å²) in [5, 5.41) is 4.10. The molecule has 1 saturated carbocycles. The second-order valence-electron chi connectivity index (χ2n) is 8.95. The summed E-state index contributed by atoms with van der Waals surface area (Å²) in [7, 11) is -3.84. The Hall–Kier alpha value is -3.20. The molecule has 2 atom stereocenters. The third kappa shape index (κ3) is 2.80. The highest BCUT2D eigenvalue weighted by atomic mass is 32.2. The van der Waals surface area contributed by atoms with Gasteiger partial charge in [0.15, 0.2) is 11.6 Å². The number of pyridine rings is 1. The molecule has 1 amide bonds. The third-order valence-corrected chi connectivity index (χ3v) is 8.40. The van der Waals surface area contributed by atoms with Crippen LogP contribution in [0.1, 0.15) is 37.3 Å². The second-order valence-corrected chi connectivity index (χ2v) is 10.6. The topological polar surface area (TPSA) is 105 Å². The van der Waals surface area contributed by atoms with Crippen molar-refractivity contribution in [3.8, 4) is 11.3 Å². The molecule has 0 bridgehead atoms. The van der Waals surface area contributed by atoms with Crippen LogP contribution in [-0.4, -0.2) is 31.0 Å². The Bertz CT molecular complexity index is 1350. The van der Waals surface area contributed by atoms with Crippen molar-refractivity contribution < 1.29 is 17.7 Å². The van der Waals surface area contributed by atoms with Gasteiger partial charge >= 0.3 is 0 Å². The molecule has 2 aromatic heterocycles. The zero-order valence-corrected chi connectivity index (χ0v) is 18.4. The normalized spacial score (nSPS) is 23.8. The molecule has 2 fully saturated rings. The van der Waals surface area contributed by atoms with Crippen LogP contribution in [0.3, 0.4) is 0 Å². The van der Waals surface area contributed by atoms with E-state index >= 15 is 0 Å². The van der Waals surface area contributed by atoms with Crippen LogP contribution < -0.4 is 9.62 Å². The summed E-state index contributed by atoms with van der Waals surface area (Å²) in [5.41, 5.74) is 3.63. The Balaban J connectivity index is 1.44. The number of nitrogens with zero attached hydrogens (tertiary/aromatic N) is 3. The number of rotatable bonds is 4. The summed E-state index contributed by atoms with van der Waals surface area (Å²) in [6, 6.07) is 9.17. The lowest BCUT2D eigenvalue weighted by molar-refractivity contribution is -0.117. The van der Waals surface area contributed by atoms with E-state index in [9.17, 15) is 13.2 Å². The van der Waals surface area contributed by atoms with Gasteiger partial charge in [-0.2, -0.15) is 0 Å². The van der Waals surface area contributed by atoms with Crippen molar-refractivity contribution in [3.63, 3.8) is 0 Å². The molecule has 32 heavy (non-hydrogen) atoms. The van der Waals surface area contributed by atoms with E-state index in [2.05, 4.69) is 27.9 Å². The minimum Gasteiger partial charge on any atom is -0.354 e. The minimum absolute atomic E-state index is 0.0596. The molecule has 1 aliphatic heterocycles. The predicted octanol–water partition coefficient (Wildman–Crippen LogP) is 3.50. The molecule has 9 heteroatoms. The summed E-state index contributed by atoms with van der Waals surface area (Å²) >= 11 is 0. The van der Waals surface area contributed by atoms with E-state index in [-0.39, 0.29) is 22.0 Å². The average molecular weight is 451 g/mol. The maximum Gasteiger partial charge on any atom is 0.264 e. The number of fused-ring (bicyclic) bond motifs is 4. The van der Waals surface area contributed by atoms with Crippen LogP contribution in [0, 0.1) is 5.92 Å². The Labute approximate surface area is 185 Å². The van der Waals surface area contributed by atoms with Crippen molar-refractivity contribution in [1.82, 2.24) is 10.1 Å². The standard InChI is InChI=1S/C23H22N4O4S/c1-14-11-23(14)12-18-21(17-10-15(6-7-19(17)23)27-9-3-5-20(27)28)31-25-22(18)26-32(29,30)16-4-2-8-24-13-16/h2,4,6-8,10,13-14H,3,5,9,11-12H2,1H3,(H,25,26). The molecule has 1 aromatic carbocycles.